The zero-order valence-corrected chi connectivity index (χ0v) is 14.7. The van der Waals surface area contributed by atoms with Crippen molar-refractivity contribution in [2.75, 3.05) is 5.32 Å². The highest BCUT2D eigenvalue weighted by atomic mass is 16.6. The van der Waals surface area contributed by atoms with Crippen molar-refractivity contribution in [3.05, 3.63) is 97.6 Å². The average Bonchev–Trinajstić information content (AvgIpc) is 2.84. The zero-order valence-electron chi connectivity index (χ0n) is 14.7. The van der Waals surface area contributed by atoms with Gasteiger partial charge in [0.15, 0.2) is 0 Å². The molecule has 1 aliphatic rings. The fraction of sp³-hybridized carbons (Fsp3) is 0.0500. The van der Waals surface area contributed by atoms with E-state index in [9.17, 15) is 20.2 Å². The smallest absolute Gasteiger partial charge is 0.300 e. The van der Waals surface area contributed by atoms with Crippen molar-refractivity contribution in [3.63, 3.8) is 0 Å². The minimum atomic E-state index is -0.641. The van der Waals surface area contributed by atoms with E-state index in [2.05, 4.69) is 5.32 Å². The van der Waals surface area contributed by atoms with Crippen LogP contribution in [0.5, 0.6) is 0 Å². The van der Waals surface area contributed by atoms with Gasteiger partial charge in [-0.05, 0) is 19.1 Å². The Labute approximate surface area is 159 Å². The molecule has 3 aromatic carbocycles. The number of hydrogen-bond donors (Lipinski definition) is 1. The summed E-state index contributed by atoms with van der Waals surface area (Å²) in [6.45, 7) is 1.94. The van der Waals surface area contributed by atoms with E-state index in [0.29, 0.717) is 28.2 Å². The predicted molar refractivity (Wildman–Crippen MR) is 106 cm³/mol. The third kappa shape index (κ3) is 2.96. The van der Waals surface area contributed by atoms with Crippen molar-refractivity contribution in [3.8, 4) is 0 Å². The molecule has 1 N–H and O–H groups in total. The van der Waals surface area contributed by atoms with Crippen LogP contribution >= 0.6 is 0 Å². The summed E-state index contributed by atoms with van der Waals surface area (Å²) >= 11 is 0. The number of nitro benzene ring substituents is 2. The van der Waals surface area contributed by atoms with Gasteiger partial charge in [-0.15, -0.1) is 0 Å². The predicted octanol–water partition coefficient (Wildman–Crippen LogP) is 5.04. The maximum atomic E-state index is 11.7. The number of hydrogen-bond acceptors (Lipinski definition) is 6. The molecule has 0 bridgehead atoms. The first-order valence-electron chi connectivity index (χ1n) is 8.43. The number of rotatable bonds is 3. The number of aliphatic imine (C=N–C) groups is 1. The van der Waals surface area contributed by atoms with Crippen LogP contribution in [0.15, 0.2) is 65.7 Å². The number of benzene rings is 3. The lowest BCUT2D eigenvalue weighted by atomic mass is 9.98. The van der Waals surface area contributed by atoms with Gasteiger partial charge in [-0.3, -0.25) is 20.2 Å². The second-order valence-electron chi connectivity index (χ2n) is 6.37. The Bertz CT molecular complexity index is 1150. The molecule has 0 aromatic heterocycles. The number of nitrogens with zero attached hydrogens (tertiary/aromatic N) is 3. The highest BCUT2D eigenvalue weighted by Gasteiger charge is 2.29. The molecule has 0 saturated heterocycles. The third-order valence-corrected chi connectivity index (χ3v) is 4.49. The summed E-state index contributed by atoms with van der Waals surface area (Å²) in [6.07, 6.45) is 0. The number of fused-ring (bicyclic) bond motifs is 2. The summed E-state index contributed by atoms with van der Waals surface area (Å²) in [4.78, 5) is 26.5. The number of para-hydroxylation sites is 2. The Hall–Kier alpha value is -4.07. The van der Waals surface area contributed by atoms with E-state index in [1.54, 1.807) is 18.2 Å². The van der Waals surface area contributed by atoms with Crippen molar-refractivity contribution in [2.45, 2.75) is 6.92 Å². The number of anilines is 2. The van der Waals surface area contributed by atoms with E-state index in [-0.39, 0.29) is 17.1 Å². The van der Waals surface area contributed by atoms with Crippen LogP contribution in [0.25, 0.3) is 0 Å². The molecule has 138 valence electrons. The molecule has 8 heteroatoms. The Kier molecular flexibility index (Phi) is 4.08. The molecule has 0 spiro atoms. The molecule has 0 unspecified atom stereocenters. The van der Waals surface area contributed by atoms with Crippen molar-refractivity contribution < 1.29 is 9.85 Å². The first-order chi connectivity index (χ1) is 13.4. The summed E-state index contributed by atoms with van der Waals surface area (Å²) in [5.74, 6) is 0. The zero-order chi connectivity index (χ0) is 19.8. The van der Waals surface area contributed by atoms with Crippen LogP contribution in [-0.2, 0) is 0 Å². The van der Waals surface area contributed by atoms with Gasteiger partial charge >= 0.3 is 0 Å². The lowest BCUT2D eigenvalue weighted by Gasteiger charge is -2.11. The van der Waals surface area contributed by atoms with Gasteiger partial charge < -0.3 is 5.32 Å². The van der Waals surface area contributed by atoms with Crippen molar-refractivity contribution in [2.24, 2.45) is 4.99 Å². The van der Waals surface area contributed by atoms with Gasteiger partial charge in [0, 0.05) is 17.2 Å². The quantitative estimate of drug-likeness (QED) is 0.399. The maximum Gasteiger partial charge on any atom is 0.300 e. The van der Waals surface area contributed by atoms with Crippen LogP contribution in [0.2, 0.25) is 0 Å². The fourth-order valence-corrected chi connectivity index (χ4v) is 3.10. The Morgan fingerprint density at radius 3 is 2.32 bits per heavy atom. The fourth-order valence-electron chi connectivity index (χ4n) is 3.10. The summed E-state index contributed by atoms with van der Waals surface area (Å²) in [7, 11) is 0. The lowest BCUT2D eigenvalue weighted by molar-refractivity contribution is -0.393. The van der Waals surface area contributed by atoms with Crippen LogP contribution in [0.3, 0.4) is 0 Å². The standard InChI is InChI=1S/C20H14N4O4/c1-12-6-8-13(9-7-12)19-15-10-14(23(25)26)11-18(24(27)28)20(15)22-17-5-3-2-4-16(17)21-19/h2-11,22H,1H3. The van der Waals surface area contributed by atoms with Gasteiger partial charge in [-0.25, -0.2) is 4.99 Å². The van der Waals surface area contributed by atoms with E-state index >= 15 is 0 Å². The first-order valence-corrected chi connectivity index (χ1v) is 8.43. The maximum absolute atomic E-state index is 11.7. The minimum Gasteiger partial charge on any atom is -0.348 e. The molecule has 1 aliphatic heterocycles. The van der Waals surface area contributed by atoms with Crippen LogP contribution in [0, 0.1) is 27.2 Å². The van der Waals surface area contributed by atoms with Crippen molar-refractivity contribution in [1.82, 2.24) is 0 Å². The van der Waals surface area contributed by atoms with E-state index in [4.69, 9.17) is 4.99 Å². The van der Waals surface area contributed by atoms with Gasteiger partial charge in [-0.2, -0.15) is 0 Å². The van der Waals surface area contributed by atoms with E-state index < -0.39 is 9.85 Å². The molecular formula is C20H14N4O4. The largest absolute Gasteiger partial charge is 0.348 e. The molecular weight excluding hydrogens is 360 g/mol. The first kappa shape index (κ1) is 17.3. The monoisotopic (exact) mass is 374 g/mol. The molecule has 8 nitrogen and oxygen atoms in total. The number of non-ortho nitro benzene ring substituents is 1. The second kappa shape index (κ2) is 6.58. The Balaban J connectivity index is 2.08. The van der Waals surface area contributed by atoms with Crippen LogP contribution in [-0.4, -0.2) is 15.6 Å². The molecule has 1 heterocycles. The molecule has 0 atom stereocenters. The van der Waals surface area contributed by atoms with Crippen molar-refractivity contribution >= 4 is 34.1 Å². The number of aryl methyl sites for hydroxylation is 1. The van der Waals surface area contributed by atoms with Crippen LogP contribution in [0.4, 0.5) is 28.4 Å². The third-order valence-electron chi connectivity index (χ3n) is 4.49. The van der Waals surface area contributed by atoms with Gasteiger partial charge in [0.05, 0.1) is 33.0 Å². The van der Waals surface area contributed by atoms with Gasteiger partial charge in [0.1, 0.15) is 5.69 Å². The normalized spacial score (nSPS) is 12.1. The van der Waals surface area contributed by atoms with E-state index in [1.165, 1.54) is 6.07 Å². The highest BCUT2D eigenvalue weighted by Crippen LogP contribution is 2.42. The minimum absolute atomic E-state index is 0.180. The summed E-state index contributed by atoms with van der Waals surface area (Å²) < 4.78 is 0. The van der Waals surface area contributed by atoms with Gasteiger partial charge in [0.2, 0.25) is 0 Å². The second-order valence-corrected chi connectivity index (χ2v) is 6.37. The molecule has 0 saturated carbocycles. The Morgan fingerprint density at radius 2 is 1.64 bits per heavy atom. The average molecular weight is 374 g/mol. The molecule has 0 fully saturated rings. The molecule has 0 radical (unpaired) electrons. The van der Waals surface area contributed by atoms with Crippen molar-refractivity contribution in [1.29, 1.82) is 0 Å². The number of nitro groups is 2. The Morgan fingerprint density at radius 1 is 0.929 bits per heavy atom. The number of nitrogens with one attached hydrogen (secondary N) is 1. The highest BCUT2D eigenvalue weighted by molar-refractivity contribution is 6.19. The molecule has 28 heavy (non-hydrogen) atoms. The van der Waals surface area contributed by atoms with Crippen LogP contribution in [0.1, 0.15) is 16.7 Å². The summed E-state index contributed by atoms with van der Waals surface area (Å²) in [6, 6.07) is 16.9. The molecule has 0 amide bonds. The van der Waals surface area contributed by atoms with E-state index in [1.807, 2.05) is 37.3 Å². The summed E-state index contributed by atoms with van der Waals surface area (Å²) in [5.41, 5.74) is 3.11. The topological polar surface area (TPSA) is 111 Å². The lowest BCUT2D eigenvalue weighted by Crippen LogP contribution is -2.08. The van der Waals surface area contributed by atoms with Gasteiger partial charge in [0.25, 0.3) is 11.4 Å². The molecule has 0 aliphatic carbocycles. The molecule has 3 aromatic rings. The summed E-state index contributed by atoms with van der Waals surface area (Å²) in [5, 5.41) is 26.1. The SMILES string of the molecule is Cc1ccc(C2=Nc3ccccc3Nc3c2cc([N+](=O)[O-])cc3[N+](=O)[O-])cc1. The van der Waals surface area contributed by atoms with Crippen LogP contribution < -0.4 is 5.32 Å². The van der Waals surface area contributed by atoms with Gasteiger partial charge in [-0.1, -0.05) is 42.0 Å². The van der Waals surface area contributed by atoms with E-state index in [0.717, 1.165) is 11.6 Å². The molecule has 4 rings (SSSR count).